The van der Waals surface area contributed by atoms with Gasteiger partial charge in [0, 0.05) is 19.1 Å². The Morgan fingerprint density at radius 2 is 2.00 bits per heavy atom. The molecule has 0 N–H and O–H groups in total. The van der Waals surface area contributed by atoms with Gasteiger partial charge in [-0.3, -0.25) is 4.90 Å². The molecule has 1 aromatic rings. The molecule has 1 aromatic heterocycles. The first kappa shape index (κ1) is 15.7. The standard InChI is InChI=1S/C17H26N2O3S/c1-18(13-14-3-2-12-22-14)16-6-7-17(16)8-10-19(11-9-17)23(20,21)15-4-5-15/h2-3,12,15-16H,4-11,13H2,1H3/t16-/m1/s1. The molecule has 0 bridgehead atoms. The van der Waals surface area contributed by atoms with Crippen LogP contribution in [0.3, 0.4) is 0 Å². The van der Waals surface area contributed by atoms with Gasteiger partial charge in [-0.15, -0.1) is 0 Å². The van der Waals surface area contributed by atoms with Gasteiger partial charge in [0.15, 0.2) is 0 Å². The first-order valence-corrected chi connectivity index (χ1v) is 10.2. The topological polar surface area (TPSA) is 53.8 Å². The van der Waals surface area contributed by atoms with Crippen LogP contribution >= 0.6 is 0 Å². The smallest absolute Gasteiger partial charge is 0.216 e. The van der Waals surface area contributed by atoms with Crippen molar-refractivity contribution in [2.45, 2.75) is 56.4 Å². The minimum Gasteiger partial charge on any atom is -0.468 e. The number of rotatable bonds is 5. The molecular weight excluding hydrogens is 312 g/mol. The molecule has 0 radical (unpaired) electrons. The zero-order valence-electron chi connectivity index (χ0n) is 13.8. The van der Waals surface area contributed by atoms with Gasteiger partial charge in [0.1, 0.15) is 5.76 Å². The lowest BCUT2D eigenvalue weighted by Crippen LogP contribution is -2.58. The normalized spacial score (nSPS) is 28.2. The molecular formula is C17H26N2O3S. The van der Waals surface area contributed by atoms with Crippen LogP contribution in [-0.2, 0) is 16.6 Å². The maximum Gasteiger partial charge on any atom is 0.216 e. The molecule has 3 aliphatic rings. The van der Waals surface area contributed by atoms with Gasteiger partial charge in [-0.1, -0.05) is 0 Å². The van der Waals surface area contributed by atoms with Crippen LogP contribution in [-0.4, -0.2) is 49.1 Å². The Bertz CT molecular complexity index is 643. The molecule has 128 valence electrons. The monoisotopic (exact) mass is 338 g/mol. The summed E-state index contributed by atoms with van der Waals surface area (Å²) in [4.78, 5) is 2.40. The zero-order chi connectivity index (χ0) is 16.1. The second-order valence-corrected chi connectivity index (χ2v) is 9.77. The molecule has 0 unspecified atom stereocenters. The Hall–Kier alpha value is -0.850. The Balaban J connectivity index is 1.38. The maximum atomic E-state index is 12.4. The average Bonchev–Trinajstić information content (AvgIpc) is 3.26. The van der Waals surface area contributed by atoms with Crippen molar-refractivity contribution in [3.8, 4) is 0 Å². The van der Waals surface area contributed by atoms with Crippen molar-refractivity contribution in [3.05, 3.63) is 24.2 Å². The molecule has 0 amide bonds. The summed E-state index contributed by atoms with van der Waals surface area (Å²) in [5.41, 5.74) is 0.316. The van der Waals surface area contributed by atoms with Gasteiger partial charge in [0.25, 0.3) is 0 Å². The van der Waals surface area contributed by atoms with Crippen LogP contribution in [0.1, 0.15) is 44.3 Å². The Morgan fingerprint density at radius 1 is 1.26 bits per heavy atom. The first-order chi connectivity index (χ1) is 11.0. The molecule has 4 rings (SSSR count). The van der Waals surface area contributed by atoms with E-state index in [-0.39, 0.29) is 5.25 Å². The fourth-order valence-electron chi connectivity index (χ4n) is 4.47. The maximum absolute atomic E-state index is 12.4. The van der Waals surface area contributed by atoms with Crippen LogP contribution in [0.15, 0.2) is 22.8 Å². The van der Waals surface area contributed by atoms with E-state index in [4.69, 9.17) is 4.42 Å². The van der Waals surface area contributed by atoms with Gasteiger partial charge in [0.2, 0.25) is 10.0 Å². The molecule has 1 spiro atoms. The minimum absolute atomic E-state index is 0.0737. The number of piperidine rings is 1. The van der Waals surface area contributed by atoms with Gasteiger partial charge >= 0.3 is 0 Å². The van der Waals surface area contributed by atoms with Gasteiger partial charge in [-0.2, -0.15) is 0 Å². The summed E-state index contributed by atoms with van der Waals surface area (Å²) in [6.07, 6.45) is 7.90. The summed E-state index contributed by atoms with van der Waals surface area (Å²) < 4.78 is 32.0. The third kappa shape index (κ3) is 2.75. The molecule has 1 saturated heterocycles. The van der Waals surface area contributed by atoms with E-state index >= 15 is 0 Å². The van der Waals surface area contributed by atoms with Crippen LogP contribution in [0.4, 0.5) is 0 Å². The van der Waals surface area contributed by atoms with E-state index in [1.165, 1.54) is 12.8 Å². The van der Waals surface area contributed by atoms with Crippen LogP contribution in [0.2, 0.25) is 0 Å². The molecule has 23 heavy (non-hydrogen) atoms. The summed E-state index contributed by atoms with van der Waals surface area (Å²) in [6.45, 7) is 2.26. The molecule has 2 aliphatic carbocycles. The van der Waals surface area contributed by atoms with E-state index in [2.05, 4.69) is 11.9 Å². The molecule has 2 saturated carbocycles. The lowest BCUT2D eigenvalue weighted by atomic mass is 9.59. The van der Waals surface area contributed by atoms with Gasteiger partial charge in [-0.05, 0) is 63.1 Å². The fraction of sp³-hybridized carbons (Fsp3) is 0.765. The third-order valence-corrected chi connectivity index (χ3v) is 8.56. The van der Waals surface area contributed by atoms with E-state index in [0.29, 0.717) is 24.5 Å². The number of sulfonamides is 1. The highest BCUT2D eigenvalue weighted by Crippen LogP contribution is 2.52. The van der Waals surface area contributed by atoms with Crippen LogP contribution in [0, 0.1) is 5.41 Å². The lowest BCUT2D eigenvalue weighted by Gasteiger charge is -2.56. The van der Waals surface area contributed by atoms with Crippen LogP contribution in [0.25, 0.3) is 0 Å². The predicted octanol–water partition coefficient (Wildman–Crippen LogP) is 2.45. The summed E-state index contributed by atoms with van der Waals surface area (Å²) in [5, 5.41) is -0.0737. The van der Waals surface area contributed by atoms with Crippen molar-refractivity contribution in [2.75, 3.05) is 20.1 Å². The second kappa shape index (κ2) is 5.60. The van der Waals surface area contributed by atoms with Crippen molar-refractivity contribution in [2.24, 2.45) is 5.41 Å². The third-order valence-electron chi connectivity index (χ3n) is 6.16. The number of furan rings is 1. The molecule has 3 fully saturated rings. The average molecular weight is 338 g/mol. The van der Waals surface area contributed by atoms with Crippen molar-refractivity contribution >= 4 is 10.0 Å². The summed E-state index contributed by atoms with van der Waals surface area (Å²) in [5.74, 6) is 1.00. The van der Waals surface area contributed by atoms with Gasteiger partial charge in [0.05, 0.1) is 18.1 Å². The Kier molecular flexibility index (Phi) is 3.82. The largest absolute Gasteiger partial charge is 0.468 e. The second-order valence-electron chi connectivity index (χ2n) is 7.55. The molecule has 2 heterocycles. The highest BCUT2D eigenvalue weighted by molar-refractivity contribution is 7.90. The SMILES string of the molecule is CN(Cc1ccco1)[C@@H]1CCC12CCN(S(=O)(=O)C1CC1)CC2. The number of hydrogen-bond donors (Lipinski definition) is 0. The van der Waals surface area contributed by atoms with E-state index in [1.807, 2.05) is 12.1 Å². The van der Waals surface area contributed by atoms with Crippen molar-refractivity contribution in [1.29, 1.82) is 0 Å². The summed E-state index contributed by atoms with van der Waals surface area (Å²) in [7, 11) is -0.829. The number of nitrogens with zero attached hydrogens (tertiary/aromatic N) is 2. The van der Waals surface area contributed by atoms with E-state index < -0.39 is 10.0 Å². The van der Waals surface area contributed by atoms with Crippen molar-refractivity contribution < 1.29 is 12.8 Å². The molecule has 1 atom stereocenters. The van der Waals surface area contributed by atoms with Crippen molar-refractivity contribution in [3.63, 3.8) is 0 Å². The van der Waals surface area contributed by atoms with E-state index in [9.17, 15) is 8.42 Å². The summed E-state index contributed by atoms with van der Waals surface area (Å²) >= 11 is 0. The highest BCUT2D eigenvalue weighted by Gasteiger charge is 2.52. The van der Waals surface area contributed by atoms with E-state index in [1.54, 1.807) is 10.6 Å². The zero-order valence-corrected chi connectivity index (χ0v) is 14.6. The fourth-order valence-corrected chi connectivity index (χ4v) is 6.32. The first-order valence-electron chi connectivity index (χ1n) is 8.73. The lowest BCUT2D eigenvalue weighted by molar-refractivity contribution is -0.0528. The van der Waals surface area contributed by atoms with Gasteiger partial charge < -0.3 is 4.42 Å². The Labute approximate surface area is 138 Å². The van der Waals surface area contributed by atoms with Gasteiger partial charge in [-0.25, -0.2) is 12.7 Å². The number of hydrogen-bond acceptors (Lipinski definition) is 4. The summed E-state index contributed by atoms with van der Waals surface area (Å²) in [6, 6.07) is 4.51. The highest BCUT2D eigenvalue weighted by atomic mass is 32.2. The molecule has 0 aromatic carbocycles. The van der Waals surface area contributed by atoms with Crippen LogP contribution < -0.4 is 0 Å². The minimum atomic E-state index is -3.00. The van der Waals surface area contributed by atoms with Crippen LogP contribution in [0.5, 0.6) is 0 Å². The van der Waals surface area contributed by atoms with Crippen molar-refractivity contribution in [1.82, 2.24) is 9.21 Å². The quantitative estimate of drug-likeness (QED) is 0.827. The molecule has 6 heteroatoms. The molecule has 1 aliphatic heterocycles. The van der Waals surface area contributed by atoms with E-state index in [0.717, 1.165) is 38.0 Å². The predicted molar refractivity (Wildman–Crippen MR) is 88.4 cm³/mol. The molecule has 5 nitrogen and oxygen atoms in total. The Morgan fingerprint density at radius 3 is 2.52 bits per heavy atom.